The second-order valence-electron chi connectivity index (χ2n) is 4.00. The summed E-state index contributed by atoms with van der Waals surface area (Å²) in [6, 6.07) is 6.95. The first kappa shape index (κ1) is 14.0. The molecular weight excluding hydrogens is 230 g/mol. The zero-order valence-corrected chi connectivity index (χ0v) is 10.5. The first-order valence-corrected chi connectivity index (χ1v) is 5.83. The van der Waals surface area contributed by atoms with E-state index in [1.807, 2.05) is 24.3 Å². The highest BCUT2D eigenvalue weighted by atomic mass is 16.4. The number of benzene rings is 1. The molecule has 1 unspecified atom stereocenters. The number of carboxylic acid groups (broad SMARTS) is 1. The van der Waals surface area contributed by atoms with Gasteiger partial charge in [0.25, 0.3) is 0 Å². The number of carbonyl (C=O) groups is 2. The number of hydrogen-bond donors (Lipinski definition) is 2. The molecular formula is C14H17NO3. The average Bonchev–Trinajstić information content (AvgIpc) is 2.36. The Kier molecular flexibility index (Phi) is 5.11. The van der Waals surface area contributed by atoms with Crippen molar-refractivity contribution in [1.82, 2.24) is 5.32 Å². The maximum Gasteiger partial charge on any atom is 0.325 e. The van der Waals surface area contributed by atoms with E-state index in [9.17, 15) is 9.59 Å². The van der Waals surface area contributed by atoms with E-state index < -0.39 is 17.9 Å². The molecule has 0 spiro atoms. The van der Waals surface area contributed by atoms with E-state index >= 15 is 0 Å². The molecule has 0 radical (unpaired) electrons. The van der Waals surface area contributed by atoms with E-state index in [1.165, 1.54) is 18.6 Å². The number of hydrogen-bond acceptors (Lipinski definition) is 2. The largest absolute Gasteiger partial charge is 0.480 e. The van der Waals surface area contributed by atoms with E-state index in [4.69, 9.17) is 5.11 Å². The fourth-order valence-electron chi connectivity index (χ4n) is 1.36. The lowest BCUT2D eigenvalue weighted by molar-refractivity contribution is -0.140. The zero-order valence-electron chi connectivity index (χ0n) is 10.5. The van der Waals surface area contributed by atoms with Crippen molar-refractivity contribution in [2.75, 3.05) is 0 Å². The van der Waals surface area contributed by atoms with E-state index in [-0.39, 0.29) is 0 Å². The molecule has 0 aromatic heterocycles. The van der Waals surface area contributed by atoms with Crippen LogP contribution in [-0.4, -0.2) is 23.0 Å². The molecule has 0 aliphatic rings. The smallest absolute Gasteiger partial charge is 0.325 e. The van der Waals surface area contributed by atoms with E-state index in [0.717, 1.165) is 12.0 Å². The normalized spacial score (nSPS) is 12.3. The molecule has 0 saturated heterocycles. The molecule has 0 bridgehead atoms. The first-order valence-electron chi connectivity index (χ1n) is 5.83. The lowest BCUT2D eigenvalue weighted by Crippen LogP contribution is -2.37. The molecule has 0 saturated carbocycles. The van der Waals surface area contributed by atoms with Crippen molar-refractivity contribution in [3.63, 3.8) is 0 Å². The van der Waals surface area contributed by atoms with Crippen molar-refractivity contribution >= 4 is 18.0 Å². The summed E-state index contributed by atoms with van der Waals surface area (Å²) >= 11 is 0. The molecule has 18 heavy (non-hydrogen) atoms. The van der Waals surface area contributed by atoms with Crippen LogP contribution in [0.3, 0.4) is 0 Å². The average molecular weight is 247 g/mol. The number of nitrogens with one attached hydrogen (secondary N) is 1. The van der Waals surface area contributed by atoms with Crippen LogP contribution in [0.15, 0.2) is 30.3 Å². The summed E-state index contributed by atoms with van der Waals surface area (Å²) in [5.41, 5.74) is 2.14. The topological polar surface area (TPSA) is 66.4 Å². The van der Waals surface area contributed by atoms with Gasteiger partial charge in [-0.25, -0.2) is 0 Å². The summed E-state index contributed by atoms with van der Waals surface area (Å²) in [7, 11) is 0. The second kappa shape index (κ2) is 6.59. The number of amides is 1. The summed E-state index contributed by atoms with van der Waals surface area (Å²) in [4.78, 5) is 21.9. The van der Waals surface area contributed by atoms with Gasteiger partial charge < -0.3 is 10.4 Å². The third kappa shape index (κ3) is 4.41. The van der Waals surface area contributed by atoms with Crippen LogP contribution in [0.4, 0.5) is 0 Å². The first-order chi connectivity index (χ1) is 8.52. The summed E-state index contributed by atoms with van der Waals surface area (Å²) in [5.74, 6) is -1.46. The molecule has 1 rings (SSSR count). The lowest BCUT2D eigenvalue weighted by atomic mass is 10.1. The van der Waals surface area contributed by atoms with Gasteiger partial charge in [0.2, 0.25) is 5.91 Å². The molecule has 96 valence electrons. The predicted molar refractivity (Wildman–Crippen MR) is 70.1 cm³/mol. The molecule has 4 heteroatoms. The molecule has 1 atom stereocenters. The number of aliphatic carboxylic acids is 1. The molecule has 0 heterocycles. The van der Waals surface area contributed by atoms with Gasteiger partial charge in [-0.3, -0.25) is 9.59 Å². The minimum Gasteiger partial charge on any atom is -0.480 e. The standard InChI is InChI=1S/C14H17NO3/c1-3-11-4-6-12(7-5-11)8-9-13(16)15-10(2)14(17)18/h4-10H,3H2,1-2H3,(H,15,16)(H,17,18)/b9-8+. The second-order valence-corrected chi connectivity index (χ2v) is 4.00. The van der Waals surface area contributed by atoms with Gasteiger partial charge in [-0.05, 0) is 30.5 Å². The molecule has 0 fully saturated rings. The molecule has 4 nitrogen and oxygen atoms in total. The SMILES string of the molecule is CCc1ccc(/C=C/C(=O)NC(C)C(=O)O)cc1. The minimum atomic E-state index is -1.05. The molecule has 0 aliphatic heterocycles. The van der Waals surface area contributed by atoms with E-state index in [0.29, 0.717) is 0 Å². The van der Waals surface area contributed by atoms with Crippen molar-refractivity contribution < 1.29 is 14.7 Å². The lowest BCUT2D eigenvalue weighted by Gasteiger charge is -2.05. The van der Waals surface area contributed by atoms with Crippen LogP contribution < -0.4 is 5.32 Å². The van der Waals surface area contributed by atoms with Gasteiger partial charge in [0.1, 0.15) is 6.04 Å². The van der Waals surface area contributed by atoms with Crippen molar-refractivity contribution in [2.45, 2.75) is 26.3 Å². The Bertz CT molecular complexity index is 449. The number of carboxylic acids is 1. The van der Waals surface area contributed by atoms with Crippen LogP contribution >= 0.6 is 0 Å². The Hall–Kier alpha value is -2.10. The highest BCUT2D eigenvalue weighted by Crippen LogP contribution is 2.06. The Morgan fingerprint density at radius 3 is 2.44 bits per heavy atom. The van der Waals surface area contributed by atoms with Gasteiger partial charge in [-0.1, -0.05) is 31.2 Å². The van der Waals surface area contributed by atoms with Crippen molar-refractivity contribution in [3.05, 3.63) is 41.5 Å². The maximum atomic E-state index is 11.4. The van der Waals surface area contributed by atoms with E-state index in [2.05, 4.69) is 12.2 Å². The van der Waals surface area contributed by atoms with Gasteiger partial charge in [0, 0.05) is 6.08 Å². The summed E-state index contributed by atoms with van der Waals surface area (Å²) < 4.78 is 0. The van der Waals surface area contributed by atoms with Gasteiger partial charge in [0.05, 0.1) is 0 Å². The van der Waals surface area contributed by atoms with Crippen LogP contribution in [0.5, 0.6) is 0 Å². The Balaban J connectivity index is 2.57. The van der Waals surface area contributed by atoms with Crippen LogP contribution in [0.2, 0.25) is 0 Å². The molecule has 1 aromatic carbocycles. The molecule has 1 amide bonds. The quantitative estimate of drug-likeness (QED) is 0.780. The van der Waals surface area contributed by atoms with Gasteiger partial charge in [-0.15, -0.1) is 0 Å². The van der Waals surface area contributed by atoms with Crippen LogP contribution in [0.25, 0.3) is 6.08 Å². The van der Waals surface area contributed by atoms with Crippen molar-refractivity contribution in [3.8, 4) is 0 Å². The molecule has 0 aliphatic carbocycles. The fraction of sp³-hybridized carbons (Fsp3) is 0.286. The summed E-state index contributed by atoms with van der Waals surface area (Å²) in [6.07, 6.45) is 3.96. The van der Waals surface area contributed by atoms with Crippen LogP contribution in [0, 0.1) is 0 Å². The number of rotatable bonds is 5. The molecule has 2 N–H and O–H groups in total. The van der Waals surface area contributed by atoms with Crippen LogP contribution in [0.1, 0.15) is 25.0 Å². The third-order valence-corrected chi connectivity index (χ3v) is 2.54. The number of aryl methyl sites for hydroxylation is 1. The maximum absolute atomic E-state index is 11.4. The fourth-order valence-corrected chi connectivity index (χ4v) is 1.36. The van der Waals surface area contributed by atoms with Crippen molar-refractivity contribution in [2.24, 2.45) is 0 Å². The minimum absolute atomic E-state index is 0.413. The highest BCUT2D eigenvalue weighted by Gasteiger charge is 2.11. The van der Waals surface area contributed by atoms with Crippen molar-refractivity contribution in [1.29, 1.82) is 0 Å². The Morgan fingerprint density at radius 2 is 1.94 bits per heavy atom. The highest BCUT2D eigenvalue weighted by molar-refractivity contribution is 5.94. The number of carbonyl (C=O) groups excluding carboxylic acids is 1. The van der Waals surface area contributed by atoms with Crippen LogP contribution in [-0.2, 0) is 16.0 Å². The molecule has 1 aromatic rings. The Labute approximate surface area is 106 Å². The van der Waals surface area contributed by atoms with Gasteiger partial charge in [0.15, 0.2) is 0 Å². The predicted octanol–water partition coefficient (Wildman–Crippen LogP) is 1.85. The zero-order chi connectivity index (χ0) is 13.5. The third-order valence-electron chi connectivity index (χ3n) is 2.54. The summed E-state index contributed by atoms with van der Waals surface area (Å²) in [6.45, 7) is 3.50. The monoisotopic (exact) mass is 247 g/mol. The summed E-state index contributed by atoms with van der Waals surface area (Å²) in [5, 5.41) is 11.0. The Morgan fingerprint density at radius 1 is 1.33 bits per heavy atom. The van der Waals surface area contributed by atoms with Gasteiger partial charge in [-0.2, -0.15) is 0 Å². The van der Waals surface area contributed by atoms with E-state index in [1.54, 1.807) is 6.08 Å². The van der Waals surface area contributed by atoms with Gasteiger partial charge >= 0.3 is 5.97 Å².